The molecule has 0 aromatic heterocycles. The second-order valence-electron chi connectivity index (χ2n) is 11.8. The molecule has 5 unspecified atom stereocenters. The molecule has 0 radical (unpaired) electrons. The highest BCUT2D eigenvalue weighted by Crippen LogP contribution is 2.53. The van der Waals surface area contributed by atoms with Gasteiger partial charge in [-0.3, -0.25) is 0 Å². The van der Waals surface area contributed by atoms with E-state index in [1.165, 1.54) is 56.2 Å². The molecule has 4 aliphatic heterocycles. The summed E-state index contributed by atoms with van der Waals surface area (Å²) in [6, 6.07) is 12.2. The summed E-state index contributed by atoms with van der Waals surface area (Å²) in [5.41, 5.74) is 12.9. The molecule has 1 saturated heterocycles. The fourth-order valence-corrected chi connectivity index (χ4v) is 7.86. The smallest absolute Gasteiger partial charge is 0.0701 e. The predicted molar refractivity (Wildman–Crippen MR) is 172 cm³/mol. The molecule has 3 aliphatic carbocycles. The number of dihydropyridines is 1. The van der Waals surface area contributed by atoms with Crippen LogP contribution in [0.4, 0.5) is 17.1 Å². The van der Waals surface area contributed by atoms with Gasteiger partial charge < -0.3 is 20.9 Å². The second kappa shape index (κ2) is 8.90. The van der Waals surface area contributed by atoms with E-state index in [1.807, 2.05) is 0 Å². The maximum Gasteiger partial charge on any atom is 0.0701 e. The third-order valence-electron chi connectivity index (χ3n) is 9.65. The molecule has 0 spiro atoms. The van der Waals surface area contributed by atoms with Gasteiger partial charge >= 0.3 is 0 Å². The van der Waals surface area contributed by atoms with Gasteiger partial charge in [0, 0.05) is 47.4 Å². The van der Waals surface area contributed by atoms with Crippen molar-refractivity contribution in [3.8, 4) is 0 Å². The first-order valence-electron chi connectivity index (χ1n) is 14.8. The number of benzene rings is 2. The molecule has 41 heavy (non-hydrogen) atoms. The van der Waals surface area contributed by atoms with E-state index in [2.05, 4.69) is 142 Å². The zero-order valence-electron chi connectivity index (χ0n) is 22.8. The Morgan fingerprint density at radius 1 is 0.756 bits per heavy atom. The van der Waals surface area contributed by atoms with Gasteiger partial charge in [0.1, 0.15) is 0 Å². The Morgan fingerprint density at radius 3 is 2.61 bits per heavy atom. The van der Waals surface area contributed by atoms with E-state index in [0.29, 0.717) is 11.8 Å². The number of hydrogen-bond acceptors (Lipinski definition) is 4. The van der Waals surface area contributed by atoms with Gasteiger partial charge in [-0.2, -0.15) is 0 Å². The Hall–Kier alpha value is -4.70. The van der Waals surface area contributed by atoms with Crippen molar-refractivity contribution in [2.45, 2.75) is 24.0 Å². The van der Waals surface area contributed by atoms with Gasteiger partial charge in [-0.1, -0.05) is 109 Å². The van der Waals surface area contributed by atoms with E-state index in [9.17, 15) is 0 Å². The summed E-state index contributed by atoms with van der Waals surface area (Å²) in [6.07, 6.45) is 34.5. The number of fused-ring (bicyclic) bond motifs is 9. The second-order valence-corrected chi connectivity index (χ2v) is 11.8. The highest BCUT2D eigenvalue weighted by atomic mass is 15.2. The van der Waals surface area contributed by atoms with E-state index >= 15 is 0 Å². The van der Waals surface area contributed by atoms with Crippen molar-refractivity contribution in [2.24, 2.45) is 5.92 Å². The topological polar surface area (TPSA) is 39.3 Å². The van der Waals surface area contributed by atoms with Crippen molar-refractivity contribution in [1.29, 1.82) is 0 Å². The molecule has 4 nitrogen and oxygen atoms in total. The number of hydrogen-bond donors (Lipinski definition) is 3. The standard InChI is InChI=1S/C37H32N4/c1-3-10-27-23(7-1)14-18-33-35(27)29-21-25(31-16-13-24-8-2-4-12-30(24)40-31)15-17-32(29)41(33)34-22-26-9-5-19-38-36(26)37-28(34)11-6-20-39-37/h1-18,21-22,29-30,32-33,35,38-40H,19-20H2. The van der Waals surface area contributed by atoms with Crippen LogP contribution in [-0.2, 0) is 0 Å². The Morgan fingerprint density at radius 2 is 1.63 bits per heavy atom. The first kappa shape index (κ1) is 23.0. The van der Waals surface area contributed by atoms with E-state index in [0.717, 1.165) is 13.1 Å². The van der Waals surface area contributed by atoms with E-state index in [1.54, 1.807) is 0 Å². The van der Waals surface area contributed by atoms with E-state index < -0.39 is 0 Å². The number of nitrogens with zero attached hydrogens (tertiary/aromatic N) is 1. The molecule has 9 rings (SSSR count). The molecule has 2 aromatic carbocycles. The zero-order valence-corrected chi connectivity index (χ0v) is 22.8. The van der Waals surface area contributed by atoms with Crippen molar-refractivity contribution in [2.75, 3.05) is 28.6 Å². The summed E-state index contributed by atoms with van der Waals surface area (Å²) in [5.74, 6) is 0.719. The Balaban J connectivity index is 1.19. The fourth-order valence-electron chi connectivity index (χ4n) is 7.86. The Kier molecular flexibility index (Phi) is 5.00. The SMILES string of the molecule is C1=CC2=CC=C(C3=CC4C5c6ccccc6C=CC5N(c5cc6c(c7c5C=CCN7)NCC=C6)C4C=C3)NC2C=C1. The molecule has 0 saturated carbocycles. The minimum absolute atomic E-state index is 0.237. The highest BCUT2D eigenvalue weighted by Gasteiger charge is 2.50. The van der Waals surface area contributed by atoms with Crippen LogP contribution in [0.2, 0.25) is 0 Å². The van der Waals surface area contributed by atoms with Crippen molar-refractivity contribution in [3.63, 3.8) is 0 Å². The lowest BCUT2D eigenvalue weighted by atomic mass is 9.75. The van der Waals surface area contributed by atoms with Gasteiger partial charge in [-0.25, -0.2) is 0 Å². The Labute approximate surface area is 241 Å². The monoisotopic (exact) mass is 532 g/mol. The summed E-state index contributed by atoms with van der Waals surface area (Å²) < 4.78 is 0. The first-order valence-corrected chi connectivity index (χ1v) is 14.8. The molecular formula is C37H32N4. The number of nitrogens with one attached hydrogen (secondary N) is 3. The summed E-state index contributed by atoms with van der Waals surface area (Å²) in [4.78, 5) is 2.71. The third kappa shape index (κ3) is 3.46. The van der Waals surface area contributed by atoms with Crippen LogP contribution >= 0.6 is 0 Å². The Bertz CT molecular complexity index is 1760. The molecule has 0 amide bonds. The van der Waals surface area contributed by atoms with Crippen LogP contribution < -0.4 is 20.9 Å². The average Bonchev–Trinajstić information content (AvgIpc) is 3.38. The fraction of sp³-hybridized carbons (Fsp3) is 0.189. The largest absolute Gasteiger partial charge is 0.379 e. The molecule has 4 heteroatoms. The lowest BCUT2D eigenvalue weighted by Crippen LogP contribution is -2.38. The van der Waals surface area contributed by atoms with Crippen LogP contribution in [0.25, 0.3) is 18.2 Å². The van der Waals surface area contributed by atoms with Gasteiger partial charge in [0.05, 0.1) is 29.5 Å². The summed E-state index contributed by atoms with van der Waals surface area (Å²) in [5, 5.41) is 11.1. The quantitative estimate of drug-likeness (QED) is 0.391. The van der Waals surface area contributed by atoms with Crippen LogP contribution in [0.3, 0.4) is 0 Å². The lowest BCUT2D eigenvalue weighted by Gasteiger charge is -2.37. The van der Waals surface area contributed by atoms with Crippen LogP contribution in [-0.4, -0.2) is 31.2 Å². The molecule has 200 valence electrons. The number of anilines is 3. The molecule has 5 atom stereocenters. The first-order chi connectivity index (χ1) is 20.3. The van der Waals surface area contributed by atoms with Crippen LogP contribution in [0, 0.1) is 5.92 Å². The zero-order chi connectivity index (χ0) is 26.9. The summed E-state index contributed by atoms with van der Waals surface area (Å²) in [7, 11) is 0. The van der Waals surface area contributed by atoms with Gasteiger partial charge in [0.2, 0.25) is 0 Å². The van der Waals surface area contributed by atoms with Crippen molar-refractivity contribution >= 4 is 35.3 Å². The van der Waals surface area contributed by atoms with Crippen molar-refractivity contribution < 1.29 is 0 Å². The van der Waals surface area contributed by atoms with E-state index in [4.69, 9.17) is 0 Å². The van der Waals surface area contributed by atoms with Gasteiger partial charge in [-0.05, 0) is 34.4 Å². The van der Waals surface area contributed by atoms with Gasteiger partial charge in [-0.15, -0.1) is 0 Å². The maximum absolute atomic E-state index is 3.79. The molecule has 3 N–H and O–H groups in total. The van der Waals surface area contributed by atoms with Crippen LogP contribution in [0.5, 0.6) is 0 Å². The van der Waals surface area contributed by atoms with Crippen molar-refractivity contribution in [3.05, 3.63) is 142 Å². The average molecular weight is 533 g/mol. The highest BCUT2D eigenvalue weighted by molar-refractivity contribution is 5.95. The number of rotatable bonds is 2. The molecule has 4 heterocycles. The predicted octanol–water partition coefficient (Wildman–Crippen LogP) is 6.95. The van der Waals surface area contributed by atoms with Crippen LogP contribution in [0.15, 0.2) is 120 Å². The van der Waals surface area contributed by atoms with Crippen molar-refractivity contribution in [1.82, 2.24) is 5.32 Å². The summed E-state index contributed by atoms with van der Waals surface area (Å²) in [6.45, 7) is 1.72. The van der Waals surface area contributed by atoms with E-state index in [-0.39, 0.29) is 18.1 Å². The lowest BCUT2D eigenvalue weighted by molar-refractivity contribution is 0.553. The normalized spacial score (nSPS) is 28.9. The molecule has 2 aromatic rings. The third-order valence-corrected chi connectivity index (χ3v) is 9.65. The molecule has 7 aliphatic rings. The maximum atomic E-state index is 3.79. The van der Waals surface area contributed by atoms with Crippen LogP contribution in [0.1, 0.15) is 28.2 Å². The molecule has 1 fully saturated rings. The van der Waals surface area contributed by atoms with Gasteiger partial charge in [0.15, 0.2) is 0 Å². The molecular weight excluding hydrogens is 500 g/mol. The summed E-state index contributed by atoms with van der Waals surface area (Å²) >= 11 is 0. The minimum atomic E-state index is 0.237. The number of allylic oxidation sites excluding steroid dienone is 5. The minimum Gasteiger partial charge on any atom is -0.379 e. The van der Waals surface area contributed by atoms with Gasteiger partial charge in [0.25, 0.3) is 0 Å². The molecule has 0 bridgehead atoms.